The number of aromatic nitrogens is 1. The predicted molar refractivity (Wildman–Crippen MR) is 70.7 cm³/mol. The van der Waals surface area contributed by atoms with Gasteiger partial charge in [0.15, 0.2) is 17.5 Å². The molecule has 106 valence electrons. The molecule has 0 aliphatic rings. The third kappa shape index (κ3) is 3.17. The smallest absolute Gasteiger partial charge is 0.194 e. The van der Waals surface area contributed by atoms with Crippen molar-refractivity contribution >= 4 is 0 Å². The van der Waals surface area contributed by atoms with Crippen molar-refractivity contribution < 1.29 is 13.2 Å². The molecule has 1 heterocycles. The average Bonchev–Trinajstić information content (AvgIpc) is 2.46. The van der Waals surface area contributed by atoms with E-state index in [9.17, 15) is 13.2 Å². The quantitative estimate of drug-likeness (QED) is 0.849. The molecule has 1 unspecified atom stereocenters. The largest absolute Gasteiger partial charge is 0.310 e. The first-order valence-corrected chi connectivity index (χ1v) is 6.39. The molecule has 0 amide bonds. The lowest BCUT2D eigenvalue weighted by Gasteiger charge is -2.19. The molecule has 0 aliphatic carbocycles. The van der Waals surface area contributed by atoms with Crippen molar-refractivity contribution in [2.24, 2.45) is 0 Å². The summed E-state index contributed by atoms with van der Waals surface area (Å²) in [4.78, 5) is 3.91. The Morgan fingerprint density at radius 3 is 2.40 bits per heavy atom. The van der Waals surface area contributed by atoms with E-state index in [-0.39, 0.29) is 5.56 Å². The number of hydrogen-bond donors (Lipinski definition) is 1. The molecule has 0 fully saturated rings. The highest BCUT2D eigenvalue weighted by atomic mass is 19.2. The first-order chi connectivity index (χ1) is 9.63. The van der Waals surface area contributed by atoms with Crippen LogP contribution < -0.4 is 5.32 Å². The molecule has 1 N–H and O–H groups in total. The van der Waals surface area contributed by atoms with E-state index in [0.29, 0.717) is 13.0 Å². The number of pyridine rings is 1. The van der Waals surface area contributed by atoms with Crippen molar-refractivity contribution in [3.63, 3.8) is 0 Å². The highest BCUT2D eigenvalue weighted by Gasteiger charge is 2.20. The molecule has 0 spiro atoms. The lowest BCUT2D eigenvalue weighted by atomic mass is 9.98. The van der Waals surface area contributed by atoms with Gasteiger partial charge in [-0.05, 0) is 36.7 Å². The second kappa shape index (κ2) is 6.52. The van der Waals surface area contributed by atoms with Crippen molar-refractivity contribution in [2.45, 2.75) is 19.4 Å². The number of rotatable bonds is 5. The average molecular weight is 280 g/mol. The van der Waals surface area contributed by atoms with Crippen LogP contribution in [0.3, 0.4) is 0 Å². The Morgan fingerprint density at radius 1 is 1.05 bits per heavy atom. The lowest BCUT2D eigenvalue weighted by molar-refractivity contribution is 0.425. The van der Waals surface area contributed by atoms with Gasteiger partial charge >= 0.3 is 0 Å². The number of benzene rings is 1. The molecule has 0 aliphatic heterocycles. The fourth-order valence-electron chi connectivity index (χ4n) is 2.10. The van der Waals surface area contributed by atoms with Gasteiger partial charge in [0.05, 0.1) is 0 Å². The summed E-state index contributed by atoms with van der Waals surface area (Å²) in [5.74, 6) is -3.74. The van der Waals surface area contributed by atoms with Gasteiger partial charge in [0, 0.05) is 24.0 Å². The molecule has 5 heteroatoms. The summed E-state index contributed by atoms with van der Waals surface area (Å²) >= 11 is 0. The van der Waals surface area contributed by atoms with E-state index < -0.39 is 23.5 Å². The Bertz CT molecular complexity index is 573. The maximum atomic E-state index is 13.9. The third-order valence-electron chi connectivity index (χ3n) is 3.08. The molecule has 2 rings (SSSR count). The topological polar surface area (TPSA) is 24.9 Å². The van der Waals surface area contributed by atoms with E-state index >= 15 is 0 Å². The number of hydrogen-bond acceptors (Lipinski definition) is 2. The van der Waals surface area contributed by atoms with Gasteiger partial charge in [-0.2, -0.15) is 0 Å². The van der Waals surface area contributed by atoms with Crippen LogP contribution in [0.1, 0.15) is 24.1 Å². The number of likely N-dealkylation sites (N-methyl/N-ethyl adjacent to an activating group) is 1. The fourth-order valence-corrected chi connectivity index (χ4v) is 2.10. The Balaban J connectivity index is 2.31. The first kappa shape index (κ1) is 14.5. The standard InChI is InChI=1S/C15H15F3N2/c1-2-20-13(9-10-5-7-19-8-6-10)11-3-4-12(16)15(18)14(11)17/h3-8,13,20H,2,9H2,1H3. The summed E-state index contributed by atoms with van der Waals surface area (Å²) in [6.45, 7) is 2.46. The Hall–Kier alpha value is -1.88. The molecule has 20 heavy (non-hydrogen) atoms. The van der Waals surface area contributed by atoms with E-state index in [1.165, 1.54) is 6.07 Å². The second-order valence-corrected chi connectivity index (χ2v) is 4.43. The van der Waals surface area contributed by atoms with Crippen LogP contribution in [0.15, 0.2) is 36.7 Å². The van der Waals surface area contributed by atoms with Crippen LogP contribution in [-0.4, -0.2) is 11.5 Å². The van der Waals surface area contributed by atoms with Crippen molar-refractivity contribution in [3.05, 3.63) is 65.2 Å². The summed E-state index contributed by atoms with van der Waals surface area (Å²) in [5, 5.41) is 3.09. The van der Waals surface area contributed by atoms with Gasteiger partial charge in [-0.25, -0.2) is 13.2 Å². The zero-order chi connectivity index (χ0) is 14.5. The summed E-state index contributed by atoms with van der Waals surface area (Å²) in [6.07, 6.45) is 3.75. The van der Waals surface area contributed by atoms with Crippen LogP contribution in [-0.2, 0) is 6.42 Å². The zero-order valence-corrected chi connectivity index (χ0v) is 11.0. The second-order valence-electron chi connectivity index (χ2n) is 4.43. The normalized spacial score (nSPS) is 12.4. The van der Waals surface area contributed by atoms with E-state index in [2.05, 4.69) is 10.3 Å². The van der Waals surface area contributed by atoms with E-state index in [1.54, 1.807) is 12.4 Å². The van der Waals surface area contributed by atoms with Gasteiger partial charge < -0.3 is 5.32 Å². The summed E-state index contributed by atoms with van der Waals surface area (Å²) < 4.78 is 40.2. The highest BCUT2D eigenvalue weighted by molar-refractivity contribution is 5.26. The van der Waals surface area contributed by atoms with Crippen LogP contribution in [0.4, 0.5) is 13.2 Å². The van der Waals surface area contributed by atoms with Crippen molar-refractivity contribution in [1.29, 1.82) is 0 Å². The SMILES string of the molecule is CCNC(Cc1ccncc1)c1ccc(F)c(F)c1F. The Morgan fingerprint density at radius 2 is 1.75 bits per heavy atom. The minimum atomic E-state index is -1.43. The maximum absolute atomic E-state index is 13.9. The molecule has 0 saturated carbocycles. The molecule has 1 atom stereocenters. The van der Waals surface area contributed by atoms with Crippen molar-refractivity contribution in [1.82, 2.24) is 10.3 Å². The fraction of sp³-hybridized carbons (Fsp3) is 0.267. The number of nitrogens with one attached hydrogen (secondary N) is 1. The third-order valence-corrected chi connectivity index (χ3v) is 3.08. The molecule has 0 bridgehead atoms. The van der Waals surface area contributed by atoms with Crippen LogP contribution in [0, 0.1) is 17.5 Å². The van der Waals surface area contributed by atoms with Gasteiger partial charge in [0.1, 0.15) is 0 Å². The van der Waals surface area contributed by atoms with Crippen molar-refractivity contribution in [2.75, 3.05) is 6.54 Å². The highest BCUT2D eigenvalue weighted by Crippen LogP contribution is 2.24. The molecular formula is C15H15F3N2. The number of halogens is 3. The van der Waals surface area contributed by atoms with Gasteiger partial charge in [-0.1, -0.05) is 13.0 Å². The first-order valence-electron chi connectivity index (χ1n) is 6.39. The Labute approximate surface area is 115 Å². The maximum Gasteiger partial charge on any atom is 0.194 e. The monoisotopic (exact) mass is 280 g/mol. The van der Waals surface area contributed by atoms with Crippen LogP contribution in [0.2, 0.25) is 0 Å². The van der Waals surface area contributed by atoms with Crippen LogP contribution >= 0.6 is 0 Å². The minimum Gasteiger partial charge on any atom is -0.310 e. The molecule has 2 nitrogen and oxygen atoms in total. The number of nitrogens with zero attached hydrogens (tertiary/aromatic N) is 1. The molecular weight excluding hydrogens is 265 g/mol. The zero-order valence-electron chi connectivity index (χ0n) is 11.0. The lowest BCUT2D eigenvalue weighted by Crippen LogP contribution is -2.24. The summed E-state index contributed by atoms with van der Waals surface area (Å²) in [6, 6.07) is 5.43. The van der Waals surface area contributed by atoms with Crippen LogP contribution in [0.25, 0.3) is 0 Å². The summed E-state index contributed by atoms with van der Waals surface area (Å²) in [5.41, 5.74) is 1.07. The van der Waals surface area contributed by atoms with E-state index in [1.807, 2.05) is 19.1 Å². The van der Waals surface area contributed by atoms with E-state index in [0.717, 1.165) is 11.6 Å². The molecule has 1 aromatic carbocycles. The minimum absolute atomic E-state index is 0.127. The van der Waals surface area contributed by atoms with Crippen molar-refractivity contribution in [3.8, 4) is 0 Å². The molecule has 2 aromatic rings. The molecule has 1 aromatic heterocycles. The van der Waals surface area contributed by atoms with Crippen LogP contribution in [0.5, 0.6) is 0 Å². The summed E-state index contributed by atoms with van der Waals surface area (Å²) in [7, 11) is 0. The van der Waals surface area contributed by atoms with Gasteiger partial charge in [-0.15, -0.1) is 0 Å². The predicted octanol–water partition coefficient (Wildman–Crippen LogP) is 3.39. The Kier molecular flexibility index (Phi) is 4.74. The van der Waals surface area contributed by atoms with Gasteiger partial charge in [-0.3, -0.25) is 4.98 Å². The molecule has 0 saturated heterocycles. The van der Waals surface area contributed by atoms with Gasteiger partial charge in [0.25, 0.3) is 0 Å². The van der Waals surface area contributed by atoms with E-state index in [4.69, 9.17) is 0 Å². The molecule has 0 radical (unpaired) electrons. The van der Waals surface area contributed by atoms with Gasteiger partial charge in [0.2, 0.25) is 0 Å².